The largest absolute Gasteiger partial charge is 0.497 e. The zero-order chi connectivity index (χ0) is 21.6. The predicted octanol–water partition coefficient (Wildman–Crippen LogP) is 2.13. The zero-order valence-corrected chi connectivity index (χ0v) is 18.5. The fourth-order valence-electron chi connectivity index (χ4n) is 3.64. The van der Waals surface area contributed by atoms with Crippen molar-refractivity contribution in [2.45, 2.75) is 68.8 Å². The Balaban J connectivity index is 1.65. The highest BCUT2D eigenvalue weighted by Crippen LogP contribution is 2.51. The molecule has 0 aromatic heterocycles. The number of amides is 2. The highest BCUT2D eigenvalue weighted by atomic mass is 32.2. The van der Waals surface area contributed by atoms with Gasteiger partial charge in [-0.15, -0.1) is 11.8 Å². The molecule has 2 heterocycles. The minimum atomic E-state index is -0.668. The van der Waals surface area contributed by atoms with E-state index in [1.165, 1.54) is 11.8 Å². The van der Waals surface area contributed by atoms with Crippen LogP contribution >= 0.6 is 11.8 Å². The molecule has 2 saturated heterocycles. The quantitative estimate of drug-likeness (QED) is 0.580. The first-order valence-corrected chi connectivity index (χ1v) is 10.5. The molecule has 2 aliphatic heterocycles. The molecule has 1 unspecified atom stereocenters. The van der Waals surface area contributed by atoms with Crippen molar-refractivity contribution in [2.24, 2.45) is 0 Å². The van der Waals surface area contributed by atoms with Gasteiger partial charge in [-0.3, -0.25) is 9.59 Å². The average molecular weight is 421 g/mol. The summed E-state index contributed by atoms with van der Waals surface area (Å²) >= 11 is 1.52. The van der Waals surface area contributed by atoms with Crippen molar-refractivity contribution in [3.8, 4) is 5.75 Å². The van der Waals surface area contributed by atoms with Gasteiger partial charge in [-0.1, -0.05) is 12.1 Å². The smallest absolute Gasteiger partial charge is 0.330 e. The molecular formula is C21H28N2O5S. The van der Waals surface area contributed by atoms with Crippen molar-refractivity contribution < 1.29 is 23.9 Å². The molecule has 3 atom stereocenters. The third kappa shape index (κ3) is 4.37. The Hall–Kier alpha value is -2.22. The van der Waals surface area contributed by atoms with Gasteiger partial charge >= 0.3 is 5.97 Å². The van der Waals surface area contributed by atoms with Crippen LogP contribution in [0.2, 0.25) is 0 Å². The topological polar surface area (TPSA) is 84.9 Å². The van der Waals surface area contributed by atoms with Crippen LogP contribution in [0, 0.1) is 0 Å². The molecule has 2 aliphatic rings. The van der Waals surface area contributed by atoms with Gasteiger partial charge in [0.25, 0.3) is 0 Å². The number of methoxy groups -OCH3 is 1. The molecule has 3 rings (SSSR count). The summed E-state index contributed by atoms with van der Waals surface area (Å²) in [5.41, 5.74) is 0.202. The molecule has 0 aliphatic carbocycles. The average Bonchev–Trinajstić information content (AvgIpc) is 2.87. The number of carbonyl (C=O) groups is 3. The number of β-lactam (4-membered cyclic amide) rings is 1. The first-order valence-electron chi connectivity index (χ1n) is 9.58. The van der Waals surface area contributed by atoms with E-state index in [4.69, 9.17) is 9.47 Å². The van der Waals surface area contributed by atoms with E-state index in [2.05, 4.69) is 5.32 Å². The summed E-state index contributed by atoms with van der Waals surface area (Å²) in [7, 11) is 1.58. The maximum atomic E-state index is 12.8. The summed E-state index contributed by atoms with van der Waals surface area (Å²) in [5, 5.41) is 2.56. The molecule has 1 N–H and O–H groups in total. The van der Waals surface area contributed by atoms with E-state index in [1.807, 2.05) is 26.0 Å². The second kappa shape index (κ2) is 7.55. The Morgan fingerprint density at radius 1 is 1.21 bits per heavy atom. The Bertz CT molecular complexity index is 815. The van der Waals surface area contributed by atoms with Crippen molar-refractivity contribution in [3.63, 3.8) is 0 Å². The van der Waals surface area contributed by atoms with Crippen LogP contribution < -0.4 is 10.1 Å². The van der Waals surface area contributed by atoms with Gasteiger partial charge in [-0.25, -0.2) is 4.79 Å². The van der Waals surface area contributed by atoms with Crippen molar-refractivity contribution in [2.75, 3.05) is 7.11 Å². The van der Waals surface area contributed by atoms with Crippen LogP contribution in [0.15, 0.2) is 24.3 Å². The molecule has 1 aromatic rings. The molecular weight excluding hydrogens is 392 g/mol. The number of benzene rings is 1. The highest BCUT2D eigenvalue weighted by molar-refractivity contribution is 8.01. The fraction of sp³-hybridized carbons (Fsp3) is 0.571. The molecule has 0 radical (unpaired) electrons. The number of nitrogens with zero attached hydrogens (tertiary/aromatic N) is 1. The standard InChI is InChI=1S/C21H28N2O5S/c1-20(2,3)28-19(26)16-21(4,5)29-18-15(17(25)23(16)18)22-14(24)11-12-7-9-13(27-6)10-8-12/h7-10,15-16,18H,11H2,1-6H3,(H,22,24)/t15?,16-,18+/m0/s1. The molecule has 0 bridgehead atoms. The van der Waals surface area contributed by atoms with Gasteiger partial charge in [0.1, 0.15) is 28.8 Å². The molecule has 2 fully saturated rings. The van der Waals surface area contributed by atoms with Gasteiger partial charge in [0.2, 0.25) is 11.8 Å². The van der Waals surface area contributed by atoms with Crippen LogP contribution in [-0.2, 0) is 25.5 Å². The Labute approximate surface area is 175 Å². The second-order valence-electron chi connectivity index (χ2n) is 8.86. The second-order valence-corrected chi connectivity index (χ2v) is 10.6. The monoisotopic (exact) mass is 420 g/mol. The zero-order valence-electron chi connectivity index (χ0n) is 17.6. The number of fused-ring (bicyclic) bond motifs is 1. The third-order valence-corrected chi connectivity index (χ3v) is 6.48. The Morgan fingerprint density at radius 3 is 2.38 bits per heavy atom. The van der Waals surface area contributed by atoms with Gasteiger partial charge in [-0.05, 0) is 52.3 Å². The molecule has 158 valence electrons. The first kappa shape index (κ1) is 21.5. The lowest BCUT2D eigenvalue weighted by atomic mass is 9.95. The third-order valence-electron chi connectivity index (χ3n) is 4.91. The first-order chi connectivity index (χ1) is 13.4. The van der Waals surface area contributed by atoms with E-state index >= 15 is 0 Å². The predicted molar refractivity (Wildman–Crippen MR) is 111 cm³/mol. The minimum Gasteiger partial charge on any atom is -0.497 e. The van der Waals surface area contributed by atoms with Gasteiger partial charge < -0.3 is 19.7 Å². The number of hydrogen-bond donors (Lipinski definition) is 1. The van der Waals surface area contributed by atoms with Crippen LogP contribution in [0.4, 0.5) is 0 Å². The van der Waals surface area contributed by atoms with Crippen molar-refractivity contribution >= 4 is 29.5 Å². The number of hydrogen-bond acceptors (Lipinski definition) is 6. The van der Waals surface area contributed by atoms with E-state index < -0.39 is 28.4 Å². The molecule has 2 amide bonds. The number of carbonyl (C=O) groups excluding carboxylic acids is 3. The van der Waals surface area contributed by atoms with Crippen LogP contribution in [-0.4, -0.2) is 57.6 Å². The number of thioether (sulfide) groups is 1. The van der Waals surface area contributed by atoms with Gasteiger partial charge in [-0.2, -0.15) is 0 Å². The summed E-state index contributed by atoms with van der Waals surface area (Å²) in [6.45, 7) is 9.26. The summed E-state index contributed by atoms with van der Waals surface area (Å²) in [5.74, 6) is -0.162. The number of nitrogens with one attached hydrogen (secondary N) is 1. The van der Waals surface area contributed by atoms with Crippen LogP contribution in [0.25, 0.3) is 0 Å². The van der Waals surface area contributed by atoms with E-state index in [0.717, 1.165) is 11.3 Å². The molecule has 1 aromatic carbocycles. The molecule has 0 spiro atoms. The van der Waals surface area contributed by atoms with E-state index in [9.17, 15) is 14.4 Å². The Morgan fingerprint density at radius 2 is 1.83 bits per heavy atom. The van der Waals surface area contributed by atoms with E-state index in [0.29, 0.717) is 0 Å². The molecule has 8 heteroatoms. The maximum absolute atomic E-state index is 12.8. The van der Waals surface area contributed by atoms with E-state index in [1.54, 1.807) is 44.9 Å². The van der Waals surface area contributed by atoms with Crippen LogP contribution in [0.3, 0.4) is 0 Å². The minimum absolute atomic E-state index is 0.171. The van der Waals surface area contributed by atoms with E-state index in [-0.39, 0.29) is 23.6 Å². The normalized spacial score (nSPS) is 25.1. The summed E-state index contributed by atoms with van der Waals surface area (Å²) in [4.78, 5) is 39.5. The summed E-state index contributed by atoms with van der Waals surface area (Å²) in [6, 6.07) is 5.93. The molecule has 29 heavy (non-hydrogen) atoms. The lowest BCUT2D eigenvalue weighted by molar-refractivity contribution is -0.171. The van der Waals surface area contributed by atoms with Gasteiger partial charge in [0.15, 0.2) is 0 Å². The maximum Gasteiger partial charge on any atom is 0.330 e. The highest BCUT2D eigenvalue weighted by Gasteiger charge is 2.64. The van der Waals surface area contributed by atoms with Crippen molar-refractivity contribution in [1.29, 1.82) is 0 Å². The number of ether oxygens (including phenoxy) is 2. The van der Waals surface area contributed by atoms with Gasteiger partial charge in [0.05, 0.1) is 13.5 Å². The number of esters is 1. The lowest BCUT2D eigenvalue weighted by Crippen LogP contribution is -2.71. The molecule has 7 nitrogen and oxygen atoms in total. The Kier molecular flexibility index (Phi) is 5.60. The van der Waals surface area contributed by atoms with Crippen molar-refractivity contribution in [1.82, 2.24) is 10.2 Å². The fourth-order valence-corrected chi connectivity index (χ4v) is 5.26. The summed E-state index contributed by atoms with van der Waals surface area (Å²) < 4.78 is 10.1. The SMILES string of the molecule is COc1ccc(CC(=O)NC2C(=O)N3[C@@H]2SC(C)(C)[C@@H]3C(=O)OC(C)(C)C)cc1. The number of rotatable bonds is 5. The molecule has 0 saturated carbocycles. The van der Waals surface area contributed by atoms with Crippen LogP contribution in [0.5, 0.6) is 5.75 Å². The van der Waals surface area contributed by atoms with Crippen molar-refractivity contribution in [3.05, 3.63) is 29.8 Å². The van der Waals surface area contributed by atoms with Crippen LogP contribution in [0.1, 0.15) is 40.2 Å². The lowest BCUT2D eigenvalue weighted by Gasteiger charge is -2.44. The summed E-state index contributed by atoms with van der Waals surface area (Å²) in [6.07, 6.45) is 0.171. The van der Waals surface area contributed by atoms with Gasteiger partial charge in [0, 0.05) is 4.75 Å².